The van der Waals surface area contributed by atoms with Gasteiger partial charge in [0.2, 0.25) is 0 Å². The molecule has 1 aliphatic rings. The summed E-state index contributed by atoms with van der Waals surface area (Å²) in [6.45, 7) is 8.13. The van der Waals surface area contributed by atoms with E-state index >= 15 is 0 Å². The summed E-state index contributed by atoms with van der Waals surface area (Å²) in [5, 5.41) is 2.74. The van der Waals surface area contributed by atoms with Gasteiger partial charge in [0.1, 0.15) is 12.4 Å². The summed E-state index contributed by atoms with van der Waals surface area (Å²) in [5.74, 6) is 0.0269. The van der Waals surface area contributed by atoms with Crippen LogP contribution in [0.3, 0.4) is 0 Å². The van der Waals surface area contributed by atoms with Crippen LogP contribution in [0.25, 0.3) is 5.57 Å². The lowest BCUT2D eigenvalue weighted by molar-refractivity contribution is -0.116. The highest BCUT2D eigenvalue weighted by atomic mass is 32.2. The Kier molecular flexibility index (Phi) is 7.07. The third kappa shape index (κ3) is 4.86. The van der Waals surface area contributed by atoms with Crippen molar-refractivity contribution < 1.29 is 17.9 Å². The summed E-state index contributed by atoms with van der Waals surface area (Å²) < 4.78 is 34.5. The number of anilines is 1. The second-order valence-corrected chi connectivity index (χ2v) is 10.1. The molecular weight excluding hydrogens is 460 g/mol. The lowest BCUT2D eigenvalue weighted by atomic mass is 9.95. The van der Waals surface area contributed by atoms with Gasteiger partial charge in [0.25, 0.3) is 15.9 Å². The number of fused-ring (bicyclic) bond motifs is 1. The number of carbonyl (C=O) groups excluding carboxylic acids is 1. The zero-order chi connectivity index (χ0) is 25.0. The third-order valence-corrected chi connectivity index (χ3v) is 7.75. The van der Waals surface area contributed by atoms with Gasteiger partial charge in [0.15, 0.2) is 4.91 Å². The second-order valence-electron chi connectivity index (χ2n) is 8.26. The fourth-order valence-electron chi connectivity index (χ4n) is 4.05. The van der Waals surface area contributed by atoms with E-state index in [9.17, 15) is 13.2 Å². The van der Waals surface area contributed by atoms with Crippen molar-refractivity contribution in [2.75, 3.05) is 24.0 Å². The summed E-state index contributed by atoms with van der Waals surface area (Å²) in [6.07, 6.45) is 1.51. The molecular formula is C28H28N2O4S. The van der Waals surface area contributed by atoms with Crippen molar-refractivity contribution in [3.63, 3.8) is 0 Å². The Morgan fingerprint density at radius 1 is 1.00 bits per heavy atom. The lowest BCUT2D eigenvalue weighted by Crippen LogP contribution is -2.42. The van der Waals surface area contributed by atoms with Crippen molar-refractivity contribution in [2.45, 2.75) is 13.8 Å². The third-order valence-electron chi connectivity index (χ3n) is 5.92. The van der Waals surface area contributed by atoms with Crippen LogP contribution in [0.4, 0.5) is 5.69 Å². The molecule has 3 aromatic rings. The number of nitrogens with zero attached hydrogens (tertiary/aromatic N) is 1. The number of rotatable bonds is 8. The van der Waals surface area contributed by atoms with Crippen LogP contribution in [0.5, 0.6) is 5.75 Å². The zero-order valence-electron chi connectivity index (χ0n) is 19.8. The normalized spacial score (nSPS) is 14.3. The zero-order valence-corrected chi connectivity index (χ0v) is 20.6. The molecule has 3 aromatic carbocycles. The number of aryl methyl sites for hydroxylation is 2. The van der Waals surface area contributed by atoms with Gasteiger partial charge in [-0.2, -0.15) is 0 Å². The Morgan fingerprint density at radius 2 is 1.71 bits per heavy atom. The quantitative estimate of drug-likeness (QED) is 0.372. The monoisotopic (exact) mass is 488 g/mol. The molecule has 4 rings (SSSR count). The van der Waals surface area contributed by atoms with E-state index in [2.05, 4.69) is 11.9 Å². The Morgan fingerprint density at radius 3 is 2.43 bits per heavy atom. The van der Waals surface area contributed by atoms with E-state index in [-0.39, 0.29) is 24.6 Å². The largest absolute Gasteiger partial charge is 0.492 e. The van der Waals surface area contributed by atoms with Crippen LogP contribution >= 0.6 is 0 Å². The number of ether oxygens (including phenoxy) is 1. The maximum atomic E-state index is 13.7. The number of hydrogen-bond acceptors (Lipinski definition) is 4. The molecule has 1 amide bonds. The van der Waals surface area contributed by atoms with Crippen LogP contribution in [0.1, 0.15) is 22.3 Å². The van der Waals surface area contributed by atoms with Gasteiger partial charge in [-0.3, -0.25) is 9.10 Å². The van der Waals surface area contributed by atoms with Gasteiger partial charge in [-0.15, -0.1) is 6.58 Å². The van der Waals surface area contributed by atoms with Gasteiger partial charge in [0, 0.05) is 11.1 Å². The highest BCUT2D eigenvalue weighted by Crippen LogP contribution is 2.42. The standard InChI is InChI=1S/C28H28N2O4S/c1-4-17-30-25-13-9-8-12-24(25)26(22-10-6-5-7-11-22)27(35(30,32)33)28(31)29-16-18-34-23-15-14-20(2)21(3)19-23/h4-15,19H,1,16-18H2,2-3H3,(H,29,31). The molecule has 6 nitrogen and oxygen atoms in total. The van der Waals surface area contributed by atoms with E-state index in [1.165, 1.54) is 10.4 Å². The minimum absolute atomic E-state index is 0.0497. The summed E-state index contributed by atoms with van der Waals surface area (Å²) >= 11 is 0. The van der Waals surface area contributed by atoms with Crippen LogP contribution in [0, 0.1) is 13.8 Å². The van der Waals surface area contributed by atoms with Gasteiger partial charge in [0.05, 0.1) is 18.8 Å². The average Bonchev–Trinajstić information content (AvgIpc) is 2.85. The number of amides is 1. The topological polar surface area (TPSA) is 75.7 Å². The van der Waals surface area contributed by atoms with Gasteiger partial charge < -0.3 is 10.1 Å². The summed E-state index contributed by atoms with van der Waals surface area (Å²) in [6, 6.07) is 22.1. The van der Waals surface area contributed by atoms with Crippen LogP contribution < -0.4 is 14.4 Å². The smallest absolute Gasteiger partial charge is 0.270 e. The van der Waals surface area contributed by atoms with Crippen molar-refractivity contribution in [1.29, 1.82) is 0 Å². The second kappa shape index (κ2) is 10.2. The molecule has 0 saturated heterocycles. The Balaban J connectivity index is 1.68. The van der Waals surface area contributed by atoms with Crippen molar-refractivity contribution in [3.05, 3.63) is 113 Å². The Bertz CT molecular complexity index is 1400. The lowest BCUT2D eigenvalue weighted by Gasteiger charge is -2.32. The number of para-hydroxylation sites is 1. The van der Waals surface area contributed by atoms with Crippen LogP contribution in [0.15, 0.2) is 90.4 Å². The molecule has 1 aliphatic heterocycles. The molecule has 1 N–H and O–H groups in total. The average molecular weight is 489 g/mol. The summed E-state index contributed by atoms with van der Waals surface area (Å²) in [4.78, 5) is 13.1. The first kappa shape index (κ1) is 24.3. The fraction of sp³-hybridized carbons (Fsp3) is 0.179. The molecule has 0 aliphatic carbocycles. The van der Waals surface area contributed by atoms with Gasteiger partial charge in [-0.05, 0) is 48.7 Å². The first-order valence-electron chi connectivity index (χ1n) is 11.4. The number of benzene rings is 3. The van der Waals surface area contributed by atoms with Crippen molar-refractivity contribution in [3.8, 4) is 5.75 Å². The van der Waals surface area contributed by atoms with Crippen LogP contribution in [-0.2, 0) is 14.8 Å². The molecule has 0 atom stereocenters. The number of sulfonamides is 1. The van der Waals surface area contributed by atoms with Crippen molar-refractivity contribution in [2.24, 2.45) is 0 Å². The Hall–Kier alpha value is -3.84. The molecule has 35 heavy (non-hydrogen) atoms. The van der Waals surface area contributed by atoms with E-state index in [1.54, 1.807) is 24.3 Å². The van der Waals surface area contributed by atoms with E-state index in [4.69, 9.17) is 4.74 Å². The molecule has 0 unspecified atom stereocenters. The molecule has 0 fully saturated rings. The number of carbonyl (C=O) groups is 1. The van der Waals surface area contributed by atoms with Crippen LogP contribution in [-0.4, -0.2) is 34.0 Å². The van der Waals surface area contributed by atoms with Crippen LogP contribution in [0.2, 0.25) is 0 Å². The predicted octanol–water partition coefficient (Wildman–Crippen LogP) is 4.59. The molecule has 0 spiro atoms. The fourth-order valence-corrected chi connectivity index (χ4v) is 5.78. The molecule has 1 heterocycles. The highest BCUT2D eigenvalue weighted by Gasteiger charge is 2.40. The van der Waals surface area contributed by atoms with E-state index < -0.39 is 15.9 Å². The first-order valence-corrected chi connectivity index (χ1v) is 12.8. The molecule has 0 radical (unpaired) electrons. The molecule has 7 heteroatoms. The van der Waals surface area contributed by atoms with Gasteiger partial charge in [-0.25, -0.2) is 8.42 Å². The maximum absolute atomic E-state index is 13.7. The van der Waals surface area contributed by atoms with E-state index in [1.807, 2.05) is 62.4 Å². The first-order chi connectivity index (χ1) is 16.8. The molecule has 0 aromatic heterocycles. The molecule has 0 saturated carbocycles. The minimum atomic E-state index is -4.15. The maximum Gasteiger partial charge on any atom is 0.270 e. The van der Waals surface area contributed by atoms with E-state index in [0.29, 0.717) is 28.1 Å². The molecule has 0 bridgehead atoms. The SMILES string of the molecule is C=CCN1c2ccccc2C(c2ccccc2)=C(C(=O)NCCOc2ccc(C)c(C)c2)S1(=O)=O. The van der Waals surface area contributed by atoms with Crippen molar-refractivity contribution >= 4 is 27.2 Å². The van der Waals surface area contributed by atoms with Crippen molar-refractivity contribution in [1.82, 2.24) is 5.32 Å². The summed E-state index contributed by atoms with van der Waals surface area (Å²) in [5.41, 5.74) is 4.50. The predicted molar refractivity (Wildman–Crippen MR) is 140 cm³/mol. The Labute approximate surface area is 206 Å². The highest BCUT2D eigenvalue weighted by molar-refractivity contribution is 7.97. The molecule has 180 valence electrons. The van der Waals surface area contributed by atoms with Gasteiger partial charge >= 0.3 is 0 Å². The minimum Gasteiger partial charge on any atom is -0.492 e. The van der Waals surface area contributed by atoms with Gasteiger partial charge in [-0.1, -0.05) is 60.7 Å². The van der Waals surface area contributed by atoms with E-state index in [0.717, 1.165) is 11.1 Å². The summed E-state index contributed by atoms with van der Waals surface area (Å²) in [7, 11) is -4.15. The number of hydrogen-bond donors (Lipinski definition) is 1. The number of nitrogens with one attached hydrogen (secondary N) is 1.